The van der Waals surface area contributed by atoms with E-state index in [1.165, 1.54) is 16.8 Å². The van der Waals surface area contributed by atoms with Crippen molar-refractivity contribution in [1.82, 2.24) is 9.55 Å². The average molecular weight is 251 g/mol. The van der Waals surface area contributed by atoms with Crippen LogP contribution in [0.1, 0.15) is 0 Å². The van der Waals surface area contributed by atoms with Crippen molar-refractivity contribution in [2.24, 2.45) is 0 Å². The molecular formula is C9H6Cl2F2N2. The molecule has 80 valence electrons. The molecule has 0 radical (unpaired) electrons. The highest BCUT2D eigenvalue weighted by molar-refractivity contribution is 6.37. The smallest absolute Gasteiger partial charge is 0.256 e. The summed E-state index contributed by atoms with van der Waals surface area (Å²) >= 11 is 11.6. The second-order valence-electron chi connectivity index (χ2n) is 3.02. The zero-order valence-corrected chi connectivity index (χ0v) is 8.93. The van der Waals surface area contributed by atoms with Crippen LogP contribution in [-0.2, 0) is 6.54 Å². The Morgan fingerprint density at radius 1 is 1.40 bits per heavy atom. The molecular weight excluding hydrogens is 245 g/mol. The molecule has 2 aromatic rings. The van der Waals surface area contributed by atoms with E-state index in [0.717, 1.165) is 0 Å². The maximum absolute atomic E-state index is 12.2. The zero-order valence-electron chi connectivity index (χ0n) is 7.42. The van der Waals surface area contributed by atoms with Crippen LogP contribution in [0.5, 0.6) is 0 Å². The molecule has 0 amide bonds. The van der Waals surface area contributed by atoms with Gasteiger partial charge in [-0.2, -0.15) is 0 Å². The Kier molecular flexibility index (Phi) is 2.80. The molecule has 0 N–H and O–H groups in total. The van der Waals surface area contributed by atoms with E-state index >= 15 is 0 Å². The molecule has 0 aliphatic rings. The third-order valence-electron chi connectivity index (χ3n) is 1.98. The fourth-order valence-electron chi connectivity index (χ4n) is 1.39. The van der Waals surface area contributed by atoms with Crippen LogP contribution in [0.4, 0.5) is 8.78 Å². The van der Waals surface area contributed by atoms with Gasteiger partial charge >= 0.3 is 0 Å². The molecule has 15 heavy (non-hydrogen) atoms. The summed E-state index contributed by atoms with van der Waals surface area (Å²) < 4.78 is 25.8. The Bertz CT molecular complexity index is 496. The second kappa shape index (κ2) is 3.94. The lowest BCUT2D eigenvalue weighted by molar-refractivity contribution is 0.128. The number of halogens is 4. The van der Waals surface area contributed by atoms with Crippen LogP contribution in [0.25, 0.3) is 11.0 Å². The SMILES string of the molecule is FC(F)Cn1ccc2c(Cl)cc(Cl)nc21. The van der Waals surface area contributed by atoms with Crippen LogP contribution in [-0.4, -0.2) is 16.0 Å². The highest BCUT2D eigenvalue weighted by Gasteiger charge is 2.11. The Morgan fingerprint density at radius 3 is 2.80 bits per heavy atom. The van der Waals surface area contributed by atoms with Gasteiger partial charge in [-0.05, 0) is 12.1 Å². The van der Waals surface area contributed by atoms with E-state index in [1.807, 2.05) is 0 Å². The summed E-state index contributed by atoms with van der Waals surface area (Å²) in [6, 6.07) is 3.13. The molecule has 0 aromatic carbocycles. The first-order chi connectivity index (χ1) is 7.08. The summed E-state index contributed by atoms with van der Waals surface area (Å²) in [7, 11) is 0. The number of fused-ring (bicyclic) bond motifs is 1. The lowest BCUT2D eigenvalue weighted by Gasteiger charge is -2.03. The van der Waals surface area contributed by atoms with Gasteiger partial charge in [-0.1, -0.05) is 23.2 Å². The molecule has 0 aliphatic carbocycles. The molecule has 0 aliphatic heterocycles. The molecule has 2 rings (SSSR count). The minimum atomic E-state index is -2.43. The summed E-state index contributed by atoms with van der Waals surface area (Å²) in [4.78, 5) is 3.96. The third kappa shape index (κ3) is 2.06. The van der Waals surface area contributed by atoms with Crippen molar-refractivity contribution >= 4 is 34.2 Å². The molecule has 2 heterocycles. The van der Waals surface area contributed by atoms with Gasteiger partial charge in [-0.3, -0.25) is 0 Å². The maximum Gasteiger partial charge on any atom is 0.256 e. The molecule has 0 fully saturated rings. The van der Waals surface area contributed by atoms with Crippen LogP contribution in [0.15, 0.2) is 18.3 Å². The van der Waals surface area contributed by atoms with Crippen LogP contribution in [0.3, 0.4) is 0 Å². The van der Waals surface area contributed by atoms with Gasteiger partial charge in [-0.25, -0.2) is 13.8 Å². The van der Waals surface area contributed by atoms with Gasteiger partial charge in [-0.15, -0.1) is 0 Å². The Morgan fingerprint density at radius 2 is 2.13 bits per heavy atom. The molecule has 0 saturated heterocycles. The van der Waals surface area contributed by atoms with Gasteiger partial charge in [0.1, 0.15) is 10.8 Å². The number of aromatic nitrogens is 2. The predicted octanol–water partition coefficient (Wildman–Crippen LogP) is 3.61. The fraction of sp³-hybridized carbons (Fsp3) is 0.222. The summed E-state index contributed by atoms with van der Waals surface area (Å²) in [6.07, 6.45) is -0.911. The van der Waals surface area contributed by atoms with Gasteiger partial charge in [0.25, 0.3) is 6.43 Å². The first kappa shape index (κ1) is 10.6. The first-order valence-corrected chi connectivity index (χ1v) is 4.92. The van der Waals surface area contributed by atoms with E-state index in [1.54, 1.807) is 6.07 Å². The van der Waals surface area contributed by atoms with E-state index in [9.17, 15) is 8.78 Å². The Hall–Kier alpha value is -0.870. The van der Waals surface area contributed by atoms with Crippen molar-refractivity contribution in [2.45, 2.75) is 13.0 Å². The van der Waals surface area contributed by atoms with Crippen molar-refractivity contribution in [1.29, 1.82) is 0 Å². The third-order valence-corrected chi connectivity index (χ3v) is 2.49. The molecule has 0 saturated carbocycles. The molecule has 6 heteroatoms. The average Bonchev–Trinajstić information content (AvgIpc) is 2.48. The van der Waals surface area contributed by atoms with Crippen molar-refractivity contribution < 1.29 is 8.78 Å². The van der Waals surface area contributed by atoms with E-state index in [0.29, 0.717) is 16.1 Å². The van der Waals surface area contributed by atoms with Crippen LogP contribution >= 0.6 is 23.2 Å². The van der Waals surface area contributed by atoms with Gasteiger partial charge in [0.15, 0.2) is 0 Å². The highest BCUT2D eigenvalue weighted by atomic mass is 35.5. The largest absolute Gasteiger partial charge is 0.327 e. The predicted molar refractivity (Wildman–Crippen MR) is 55.8 cm³/mol. The summed E-state index contributed by atoms with van der Waals surface area (Å²) in [5.74, 6) is 0. The summed E-state index contributed by atoms with van der Waals surface area (Å²) in [6.45, 7) is -0.410. The summed E-state index contributed by atoms with van der Waals surface area (Å²) in [5, 5.41) is 1.24. The molecule has 2 nitrogen and oxygen atoms in total. The molecule has 2 aromatic heterocycles. The Labute approximate surface area is 94.4 Å². The van der Waals surface area contributed by atoms with Crippen LogP contribution in [0, 0.1) is 0 Å². The van der Waals surface area contributed by atoms with Crippen molar-refractivity contribution in [2.75, 3.05) is 0 Å². The number of nitrogens with zero attached hydrogens (tertiary/aromatic N) is 2. The van der Waals surface area contributed by atoms with Gasteiger partial charge < -0.3 is 4.57 Å². The number of rotatable bonds is 2. The Balaban J connectivity index is 2.58. The number of pyridine rings is 1. The van der Waals surface area contributed by atoms with Gasteiger partial charge in [0, 0.05) is 11.6 Å². The van der Waals surface area contributed by atoms with Crippen molar-refractivity contribution in [3.05, 3.63) is 28.5 Å². The van der Waals surface area contributed by atoms with E-state index in [-0.39, 0.29) is 5.15 Å². The van der Waals surface area contributed by atoms with E-state index in [4.69, 9.17) is 23.2 Å². The maximum atomic E-state index is 12.2. The standard InChI is InChI=1S/C9H6Cl2F2N2/c10-6-3-7(11)14-9-5(6)1-2-15(9)4-8(12)13/h1-3,8H,4H2. The highest BCUT2D eigenvalue weighted by Crippen LogP contribution is 2.26. The van der Waals surface area contributed by atoms with Gasteiger partial charge in [0.05, 0.1) is 11.6 Å². The minimum absolute atomic E-state index is 0.196. The lowest BCUT2D eigenvalue weighted by atomic mass is 10.3. The molecule has 0 bridgehead atoms. The van der Waals surface area contributed by atoms with E-state index in [2.05, 4.69) is 4.98 Å². The molecule has 0 atom stereocenters. The number of alkyl halides is 2. The zero-order chi connectivity index (χ0) is 11.0. The number of hydrogen-bond donors (Lipinski definition) is 0. The first-order valence-electron chi connectivity index (χ1n) is 4.17. The molecule has 0 spiro atoms. The normalized spacial score (nSPS) is 11.5. The topological polar surface area (TPSA) is 17.8 Å². The van der Waals surface area contributed by atoms with Crippen molar-refractivity contribution in [3.63, 3.8) is 0 Å². The lowest BCUT2D eigenvalue weighted by Crippen LogP contribution is -2.05. The quantitative estimate of drug-likeness (QED) is 0.745. The van der Waals surface area contributed by atoms with Crippen LogP contribution < -0.4 is 0 Å². The fourth-order valence-corrected chi connectivity index (χ4v) is 1.88. The minimum Gasteiger partial charge on any atom is -0.327 e. The van der Waals surface area contributed by atoms with E-state index < -0.39 is 13.0 Å². The second-order valence-corrected chi connectivity index (χ2v) is 3.82. The number of hydrogen-bond acceptors (Lipinski definition) is 1. The monoisotopic (exact) mass is 250 g/mol. The van der Waals surface area contributed by atoms with Crippen molar-refractivity contribution in [3.8, 4) is 0 Å². The summed E-state index contributed by atoms with van der Waals surface area (Å²) in [5.41, 5.74) is 0.382. The van der Waals surface area contributed by atoms with Gasteiger partial charge in [0.2, 0.25) is 0 Å². The molecule has 0 unspecified atom stereocenters. The van der Waals surface area contributed by atoms with Crippen LogP contribution in [0.2, 0.25) is 10.2 Å².